The summed E-state index contributed by atoms with van der Waals surface area (Å²) in [6, 6.07) is 13.2. The molecule has 0 saturated carbocycles. The van der Waals surface area contributed by atoms with Crippen LogP contribution in [0, 0.1) is 17.1 Å². The molecule has 0 aliphatic rings. The zero-order chi connectivity index (χ0) is 14.8. The Morgan fingerprint density at radius 1 is 1.19 bits per heavy atom. The number of hydrogen-bond donors (Lipinski definition) is 1. The number of halogens is 1. The van der Waals surface area contributed by atoms with Gasteiger partial charge in [0.05, 0.1) is 0 Å². The van der Waals surface area contributed by atoms with Crippen molar-refractivity contribution in [1.29, 1.82) is 5.26 Å². The van der Waals surface area contributed by atoms with Crippen molar-refractivity contribution in [2.45, 2.75) is 0 Å². The smallest absolute Gasteiger partial charge is 0.267 e. The second-order valence-corrected chi connectivity index (χ2v) is 5.34. The number of rotatable bonds is 2. The molecule has 0 saturated heterocycles. The van der Waals surface area contributed by atoms with Gasteiger partial charge in [0.1, 0.15) is 17.4 Å². The van der Waals surface area contributed by atoms with E-state index in [0.29, 0.717) is 16.8 Å². The van der Waals surface area contributed by atoms with Crippen molar-refractivity contribution in [1.82, 2.24) is 4.98 Å². The third-order valence-electron chi connectivity index (χ3n) is 3.09. The van der Waals surface area contributed by atoms with Crippen molar-refractivity contribution in [3.8, 4) is 27.8 Å². The predicted octanol–water partition coefficient (Wildman–Crippen LogP) is 3.78. The molecule has 2 aromatic heterocycles. The lowest BCUT2D eigenvalue weighted by Crippen LogP contribution is -2.12. The molecule has 3 nitrogen and oxygen atoms in total. The van der Waals surface area contributed by atoms with Gasteiger partial charge in [0.2, 0.25) is 0 Å². The van der Waals surface area contributed by atoms with E-state index in [9.17, 15) is 14.4 Å². The SMILES string of the molecule is N#Cc1c(-c2cccs2)cc(-c2ccc(F)cc2)[nH]c1=O. The van der Waals surface area contributed by atoms with Gasteiger partial charge in [-0.15, -0.1) is 11.3 Å². The molecular formula is C16H9FN2OS. The Morgan fingerprint density at radius 3 is 2.57 bits per heavy atom. The summed E-state index contributed by atoms with van der Waals surface area (Å²) in [6.07, 6.45) is 0. The highest BCUT2D eigenvalue weighted by Gasteiger charge is 2.13. The molecule has 0 unspecified atom stereocenters. The van der Waals surface area contributed by atoms with Crippen LogP contribution in [-0.2, 0) is 0 Å². The molecule has 0 aliphatic carbocycles. The Hall–Kier alpha value is -2.71. The Morgan fingerprint density at radius 2 is 1.95 bits per heavy atom. The number of H-pyrrole nitrogens is 1. The lowest BCUT2D eigenvalue weighted by molar-refractivity contribution is 0.628. The van der Waals surface area contributed by atoms with Gasteiger partial charge in [0.15, 0.2) is 0 Å². The average molecular weight is 296 g/mol. The highest BCUT2D eigenvalue weighted by molar-refractivity contribution is 7.13. The van der Waals surface area contributed by atoms with Crippen LogP contribution in [-0.4, -0.2) is 4.98 Å². The summed E-state index contributed by atoms with van der Waals surface area (Å²) in [4.78, 5) is 15.6. The maximum Gasteiger partial charge on any atom is 0.267 e. The van der Waals surface area contributed by atoms with Crippen LogP contribution >= 0.6 is 11.3 Å². The molecule has 0 spiro atoms. The van der Waals surface area contributed by atoms with Crippen molar-refractivity contribution in [2.75, 3.05) is 0 Å². The van der Waals surface area contributed by atoms with Crippen LogP contribution in [0.2, 0.25) is 0 Å². The number of hydrogen-bond acceptors (Lipinski definition) is 3. The van der Waals surface area contributed by atoms with E-state index in [0.717, 1.165) is 4.88 Å². The fraction of sp³-hybridized carbons (Fsp3) is 0. The number of nitrogens with zero attached hydrogens (tertiary/aromatic N) is 1. The zero-order valence-corrected chi connectivity index (χ0v) is 11.6. The average Bonchev–Trinajstić information content (AvgIpc) is 3.01. The van der Waals surface area contributed by atoms with Crippen LogP contribution in [0.4, 0.5) is 4.39 Å². The zero-order valence-electron chi connectivity index (χ0n) is 10.8. The summed E-state index contributed by atoms with van der Waals surface area (Å²) in [5.41, 5.74) is 1.49. The Bertz CT molecular complexity index is 874. The molecule has 5 heteroatoms. The molecule has 0 radical (unpaired) electrons. The molecular weight excluding hydrogens is 287 g/mol. The maximum atomic E-state index is 13.0. The number of aromatic nitrogens is 1. The molecule has 0 atom stereocenters. The van der Waals surface area contributed by atoms with E-state index in [1.165, 1.54) is 23.5 Å². The molecule has 0 amide bonds. The lowest BCUT2D eigenvalue weighted by atomic mass is 10.0. The number of thiophene rings is 1. The van der Waals surface area contributed by atoms with Gasteiger partial charge in [0, 0.05) is 16.1 Å². The molecule has 2 heterocycles. The van der Waals surface area contributed by atoms with Gasteiger partial charge in [0.25, 0.3) is 5.56 Å². The summed E-state index contributed by atoms with van der Waals surface area (Å²) < 4.78 is 13.0. The van der Waals surface area contributed by atoms with E-state index >= 15 is 0 Å². The summed E-state index contributed by atoms with van der Waals surface area (Å²) in [7, 11) is 0. The van der Waals surface area contributed by atoms with E-state index in [-0.39, 0.29) is 11.4 Å². The first-order chi connectivity index (χ1) is 10.2. The fourth-order valence-corrected chi connectivity index (χ4v) is 2.83. The van der Waals surface area contributed by atoms with Gasteiger partial charge in [-0.1, -0.05) is 6.07 Å². The quantitative estimate of drug-likeness (QED) is 0.782. The van der Waals surface area contributed by atoms with Crippen molar-refractivity contribution in [3.05, 3.63) is 69.6 Å². The summed E-state index contributed by atoms with van der Waals surface area (Å²) in [5.74, 6) is -0.340. The number of nitrogens with one attached hydrogen (secondary N) is 1. The minimum atomic E-state index is -0.442. The molecule has 102 valence electrons. The van der Waals surface area contributed by atoms with Gasteiger partial charge in [-0.05, 0) is 47.3 Å². The second kappa shape index (κ2) is 5.35. The predicted molar refractivity (Wildman–Crippen MR) is 80.5 cm³/mol. The summed E-state index contributed by atoms with van der Waals surface area (Å²) in [6.45, 7) is 0. The highest BCUT2D eigenvalue weighted by Crippen LogP contribution is 2.29. The van der Waals surface area contributed by atoms with E-state index < -0.39 is 5.56 Å². The number of pyridine rings is 1. The largest absolute Gasteiger partial charge is 0.321 e. The van der Waals surface area contributed by atoms with Gasteiger partial charge < -0.3 is 4.98 Å². The van der Waals surface area contributed by atoms with Crippen molar-refractivity contribution in [2.24, 2.45) is 0 Å². The molecule has 1 N–H and O–H groups in total. The molecule has 1 aromatic carbocycles. The molecule has 0 fully saturated rings. The lowest BCUT2D eigenvalue weighted by Gasteiger charge is -2.06. The van der Waals surface area contributed by atoms with E-state index in [1.54, 1.807) is 18.2 Å². The molecule has 21 heavy (non-hydrogen) atoms. The van der Waals surface area contributed by atoms with Gasteiger partial charge in [-0.2, -0.15) is 5.26 Å². The molecule has 0 aliphatic heterocycles. The first-order valence-electron chi connectivity index (χ1n) is 6.16. The monoisotopic (exact) mass is 296 g/mol. The van der Waals surface area contributed by atoms with Crippen LogP contribution in [0.3, 0.4) is 0 Å². The van der Waals surface area contributed by atoms with Crippen molar-refractivity contribution in [3.63, 3.8) is 0 Å². The van der Waals surface area contributed by atoms with Crippen LogP contribution in [0.1, 0.15) is 5.56 Å². The normalized spacial score (nSPS) is 10.3. The maximum absolute atomic E-state index is 13.0. The topological polar surface area (TPSA) is 56.6 Å². The van der Waals surface area contributed by atoms with Gasteiger partial charge in [-0.25, -0.2) is 4.39 Å². The Labute approximate surface area is 123 Å². The van der Waals surface area contributed by atoms with Crippen LogP contribution in [0.15, 0.2) is 52.6 Å². The fourth-order valence-electron chi connectivity index (χ4n) is 2.08. The molecule has 0 bridgehead atoms. The standard InChI is InChI=1S/C16H9FN2OS/c17-11-5-3-10(4-6-11)14-8-12(15-2-1-7-21-15)13(9-18)16(20)19-14/h1-8H,(H,19,20). The Kier molecular flexibility index (Phi) is 3.38. The Balaban J connectivity index is 2.23. The first kappa shape index (κ1) is 13.3. The van der Waals surface area contributed by atoms with Gasteiger partial charge >= 0.3 is 0 Å². The summed E-state index contributed by atoms with van der Waals surface area (Å²) >= 11 is 1.46. The van der Waals surface area contributed by atoms with E-state index in [4.69, 9.17) is 0 Å². The van der Waals surface area contributed by atoms with Crippen molar-refractivity contribution >= 4 is 11.3 Å². The third kappa shape index (κ3) is 2.49. The van der Waals surface area contributed by atoms with Crippen LogP contribution in [0.5, 0.6) is 0 Å². The third-order valence-corrected chi connectivity index (χ3v) is 3.99. The van der Waals surface area contributed by atoms with Crippen LogP contribution < -0.4 is 5.56 Å². The van der Waals surface area contributed by atoms with Gasteiger partial charge in [-0.3, -0.25) is 4.79 Å². The van der Waals surface area contributed by atoms with Crippen LogP contribution in [0.25, 0.3) is 21.7 Å². The minimum absolute atomic E-state index is 0.0864. The highest BCUT2D eigenvalue weighted by atomic mass is 32.1. The van der Waals surface area contributed by atoms with Crippen molar-refractivity contribution < 1.29 is 4.39 Å². The minimum Gasteiger partial charge on any atom is -0.321 e. The second-order valence-electron chi connectivity index (χ2n) is 4.40. The van der Waals surface area contributed by atoms with E-state index in [1.807, 2.05) is 23.6 Å². The summed E-state index contributed by atoms with van der Waals surface area (Å²) in [5, 5.41) is 11.1. The number of aromatic amines is 1. The first-order valence-corrected chi connectivity index (χ1v) is 7.04. The molecule has 3 rings (SSSR count). The van der Waals surface area contributed by atoms with E-state index in [2.05, 4.69) is 4.98 Å². The molecule has 3 aromatic rings. The number of benzene rings is 1. The number of nitriles is 1.